The molecule has 2 aromatic rings. The van der Waals surface area contributed by atoms with Crippen molar-refractivity contribution in [2.45, 2.75) is 31.6 Å². The molecule has 136 valence electrons. The highest BCUT2D eigenvalue weighted by molar-refractivity contribution is 9.10. The summed E-state index contributed by atoms with van der Waals surface area (Å²) in [6.07, 6.45) is 1.35. The van der Waals surface area contributed by atoms with E-state index < -0.39 is 5.79 Å². The van der Waals surface area contributed by atoms with Crippen LogP contribution in [-0.4, -0.2) is 17.7 Å². The summed E-state index contributed by atoms with van der Waals surface area (Å²) in [6.45, 7) is 2.02. The van der Waals surface area contributed by atoms with Crippen LogP contribution < -0.4 is 22.1 Å². The van der Waals surface area contributed by atoms with Crippen LogP contribution in [0.2, 0.25) is 0 Å². The Hall–Kier alpha value is -2.38. The molecule has 1 unspecified atom stereocenters. The number of aryl methyl sites for hydroxylation is 1. The lowest BCUT2D eigenvalue weighted by Gasteiger charge is -2.33. The van der Waals surface area contributed by atoms with E-state index in [0.717, 1.165) is 16.5 Å². The SMILES string of the molecule is C[C@H](N=C1NC(N)=NC(N)(CCc2cccc(Br)c2)N1)c1ccccc1. The van der Waals surface area contributed by atoms with Crippen molar-refractivity contribution < 1.29 is 0 Å². The first-order chi connectivity index (χ1) is 12.4. The average Bonchev–Trinajstić information content (AvgIpc) is 2.60. The van der Waals surface area contributed by atoms with E-state index in [9.17, 15) is 0 Å². The van der Waals surface area contributed by atoms with Crippen molar-refractivity contribution in [3.05, 3.63) is 70.2 Å². The highest BCUT2D eigenvalue weighted by Gasteiger charge is 2.30. The summed E-state index contributed by atoms with van der Waals surface area (Å²) in [4.78, 5) is 9.01. The largest absolute Gasteiger partial charge is 0.370 e. The van der Waals surface area contributed by atoms with Crippen LogP contribution in [0, 0.1) is 0 Å². The van der Waals surface area contributed by atoms with Crippen molar-refractivity contribution in [1.82, 2.24) is 10.6 Å². The van der Waals surface area contributed by atoms with Gasteiger partial charge in [0.15, 0.2) is 11.7 Å². The number of rotatable bonds is 5. The van der Waals surface area contributed by atoms with Gasteiger partial charge in [0.2, 0.25) is 5.96 Å². The Bertz CT molecular complexity index is 820. The van der Waals surface area contributed by atoms with Crippen LogP contribution in [-0.2, 0) is 6.42 Å². The molecule has 26 heavy (non-hydrogen) atoms. The van der Waals surface area contributed by atoms with Crippen molar-refractivity contribution in [3.63, 3.8) is 0 Å². The van der Waals surface area contributed by atoms with Crippen LogP contribution >= 0.6 is 15.9 Å². The lowest BCUT2D eigenvalue weighted by molar-refractivity contribution is 0.369. The van der Waals surface area contributed by atoms with E-state index in [2.05, 4.69) is 48.7 Å². The smallest absolute Gasteiger partial charge is 0.201 e. The van der Waals surface area contributed by atoms with E-state index in [1.54, 1.807) is 0 Å². The summed E-state index contributed by atoms with van der Waals surface area (Å²) in [6, 6.07) is 18.2. The van der Waals surface area contributed by atoms with Crippen LogP contribution in [0.5, 0.6) is 0 Å². The van der Waals surface area contributed by atoms with E-state index in [1.165, 1.54) is 5.56 Å². The molecule has 0 saturated carbocycles. The van der Waals surface area contributed by atoms with Gasteiger partial charge < -0.3 is 11.1 Å². The second-order valence-electron chi connectivity index (χ2n) is 6.37. The average molecular weight is 415 g/mol. The minimum Gasteiger partial charge on any atom is -0.370 e. The zero-order valence-electron chi connectivity index (χ0n) is 14.6. The van der Waals surface area contributed by atoms with Crippen LogP contribution in [0.15, 0.2) is 69.1 Å². The van der Waals surface area contributed by atoms with Crippen LogP contribution in [0.4, 0.5) is 0 Å². The van der Waals surface area contributed by atoms with Gasteiger partial charge >= 0.3 is 0 Å². The standard InChI is InChI=1S/C19H23BrN6/c1-13(15-7-3-2-4-8-15)23-18-24-17(21)25-19(22,26-18)11-10-14-6-5-9-16(20)12-14/h2-9,12-13H,10-11,22H2,1H3,(H4,21,23,24,25,26)/t13-,19?/m0/s1. The zero-order valence-corrected chi connectivity index (χ0v) is 16.2. The number of nitrogens with two attached hydrogens (primary N) is 2. The van der Waals surface area contributed by atoms with Crippen molar-refractivity contribution in [1.29, 1.82) is 0 Å². The summed E-state index contributed by atoms with van der Waals surface area (Å²) < 4.78 is 1.04. The Balaban J connectivity index is 1.72. The van der Waals surface area contributed by atoms with Crippen molar-refractivity contribution in [2.24, 2.45) is 21.5 Å². The normalized spacial score (nSPS) is 22.3. The maximum Gasteiger partial charge on any atom is 0.201 e. The van der Waals surface area contributed by atoms with Gasteiger partial charge in [-0.1, -0.05) is 58.4 Å². The monoisotopic (exact) mass is 414 g/mol. The van der Waals surface area contributed by atoms with Crippen LogP contribution in [0.25, 0.3) is 0 Å². The fourth-order valence-corrected chi connectivity index (χ4v) is 3.29. The molecule has 0 spiro atoms. The number of hydrogen-bond acceptors (Lipinski definition) is 4. The van der Waals surface area contributed by atoms with Crippen LogP contribution in [0.3, 0.4) is 0 Å². The molecule has 2 atom stereocenters. The molecule has 6 nitrogen and oxygen atoms in total. The molecule has 6 N–H and O–H groups in total. The first-order valence-electron chi connectivity index (χ1n) is 8.50. The highest BCUT2D eigenvalue weighted by Crippen LogP contribution is 2.19. The van der Waals surface area contributed by atoms with Gasteiger partial charge in [0.25, 0.3) is 0 Å². The third-order valence-corrected chi connectivity index (χ3v) is 4.68. The number of benzene rings is 2. The zero-order chi connectivity index (χ0) is 18.6. The Morgan fingerprint density at radius 1 is 1.19 bits per heavy atom. The lowest BCUT2D eigenvalue weighted by Crippen LogP contribution is -2.64. The summed E-state index contributed by atoms with van der Waals surface area (Å²) in [7, 11) is 0. The Morgan fingerprint density at radius 3 is 2.69 bits per heavy atom. The molecule has 2 aromatic carbocycles. The van der Waals surface area contributed by atoms with Gasteiger partial charge in [-0.3, -0.25) is 11.1 Å². The quantitative estimate of drug-likeness (QED) is 0.603. The summed E-state index contributed by atoms with van der Waals surface area (Å²) in [5.74, 6) is -0.197. The molecule has 1 aliphatic rings. The van der Waals surface area contributed by atoms with Crippen molar-refractivity contribution in [3.8, 4) is 0 Å². The molecular formula is C19H23BrN6. The maximum atomic E-state index is 6.43. The van der Waals surface area contributed by atoms with Gasteiger partial charge in [0, 0.05) is 10.9 Å². The Labute approximate surface area is 161 Å². The third-order valence-electron chi connectivity index (χ3n) is 4.19. The third kappa shape index (κ3) is 4.83. The number of nitrogens with one attached hydrogen (secondary N) is 2. The maximum absolute atomic E-state index is 6.43. The second kappa shape index (κ2) is 7.88. The van der Waals surface area contributed by atoms with Crippen molar-refractivity contribution >= 4 is 27.8 Å². The number of aliphatic imine (C=N–C) groups is 2. The topological polar surface area (TPSA) is 101 Å². The minimum absolute atomic E-state index is 0.0357. The van der Waals surface area contributed by atoms with Gasteiger partial charge in [-0.15, -0.1) is 0 Å². The number of guanidine groups is 2. The fourth-order valence-electron chi connectivity index (χ4n) is 2.84. The number of hydrogen-bond donors (Lipinski definition) is 4. The van der Waals surface area contributed by atoms with E-state index in [0.29, 0.717) is 12.4 Å². The lowest BCUT2D eigenvalue weighted by atomic mass is 10.1. The molecule has 0 radical (unpaired) electrons. The molecular weight excluding hydrogens is 392 g/mol. The summed E-state index contributed by atoms with van der Waals surface area (Å²) in [5, 5.41) is 6.14. The molecule has 0 aromatic heterocycles. The van der Waals surface area contributed by atoms with Gasteiger partial charge in [-0.2, -0.15) is 0 Å². The molecule has 1 aliphatic heterocycles. The minimum atomic E-state index is -0.993. The van der Waals surface area contributed by atoms with E-state index in [4.69, 9.17) is 11.5 Å². The molecule has 0 amide bonds. The first kappa shape index (κ1) is 18.4. The van der Waals surface area contributed by atoms with E-state index in [1.807, 2.05) is 49.4 Å². The molecule has 0 bridgehead atoms. The van der Waals surface area contributed by atoms with Gasteiger partial charge in [-0.25, -0.2) is 9.98 Å². The predicted octanol–water partition coefficient (Wildman–Crippen LogP) is 2.62. The predicted molar refractivity (Wildman–Crippen MR) is 110 cm³/mol. The summed E-state index contributed by atoms with van der Waals surface area (Å²) >= 11 is 3.49. The number of halogens is 1. The molecule has 1 heterocycles. The molecule has 0 aliphatic carbocycles. The molecule has 3 rings (SSSR count). The highest BCUT2D eigenvalue weighted by atomic mass is 79.9. The molecule has 7 heteroatoms. The Kier molecular flexibility index (Phi) is 5.58. The van der Waals surface area contributed by atoms with Gasteiger partial charge in [-0.05, 0) is 36.6 Å². The Morgan fingerprint density at radius 2 is 1.96 bits per heavy atom. The number of nitrogens with zero attached hydrogens (tertiary/aromatic N) is 2. The van der Waals surface area contributed by atoms with E-state index in [-0.39, 0.29) is 12.0 Å². The molecule has 0 fully saturated rings. The van der Waals surface area contributed by atoms with Crippen molar-refractivity contribution in [2.75, 3.05) is 0 Å². The van der Waals surface area contributed by atoms with Crippen LogP contribution in [0.1, 0.15) is 30.5 Å². The fraction of sp³-hybridized carbons (Fsp3) is 0.263. The molecule has 0 saturated heterocycles. The second-order valence-corrected chi connectivity index (χ2v) is 7.28. The van der Waals surface area contributed by atoms with Gasteiger partial charge in [0.05, 0.1) is 6.04 Å². The summed E-state index contributed by atoms with van der Waals surface area (Å²) in [5.41, 5.74) is 14.7. The van der Waals surface area contributed by atoms with E-state index >= 15 is 0 Å². The van der Waals surface area contributed by atoms with Gasteiger partial charge in [0.1, 0.15) is 0 Å². The first-order valence-corrected chi connectivity index (χ1v) is 9.29.